The van der Waals surface area contributed by atoms with Crippen molar-refractivity contribution in [1.29, 1.82) is 0 Å². The average Bonchev–Trinajstić information content (AvgIpc) is 2.76. The number of amides is 1. The van der Waals surface area contributed by atoms with Crippen LogP contribution in [0.2, 0.25) is 0 Å². The normalized spacial score (nSPS) is 13.1. The fourth-order valence-electron chi connectivity index (χ4n) is 1.55. The average molecular weight is 342 g/mol. The summed E-state index contributed by atoms with van der Waals surface area (Å²) in [4.78, 5) is 16.4. The lowest BCUT2D eigenvalue weighted by Gasteiger charge is -2.33. The van der Waals surface area contributed by atoms with E-state index in [9.17, 15) is 4.79 Å². The molecule has 0 fully saturated rings. The van der Waals surface area contributed by atoms with Crippen molar-refractivity contribution in [3.63, 3.8) is 0 Å². The molecule has 1 aromatic heterocycles. The molecule has 1 unspecified atom stereocenters. The Balaban J connectivity index is 0. The van der Waals surface area contributed by atoms with E-state index in [1.807, 2.05) is 12.3 Å². The number of aromatic nitrogens is 1. The molecule has 1 aromatic rings. The van der Waals surface area contributed by atoms with Crippen LogP contribution in [0.4, 0.5) is 0 Å². The van der Waals surface area contributed by atoms with Gasteiger partial charge in [-0.25, -0.2) is 4.98 Å². The molecule has 1 heterocycles. The summed E-state index contributed by atoms with van der Waals surface area (Å²) in [7, 11) is 0. The fourth-order valence-corrected chi connectivity index (χ4v) is 2.30. The van der Waals surface area contributed by atoms with Crippen molar-refractivity contribution in [2.45, 2.75) is 46.1 Å². The second kappa shape index (κ2) is 9.55. The Hall–Kier alpha value is -0.360. The number of rotatable bonds is 6. The van der Waals surface area contributed by atoms with Crippen LogP contribution in [-0.4, -0.2) is 23.0 Å². The van der Waals surface area contributed by atoms with Gasteiger partial charge in [0.15, 0.2) is 0 Å². The summed E-state index contributed by atoms with van der Waals surface area (Å²) in [5.74, 6) is 0.290. The molecule has 0 saturated heterocycles. The number of hydrogen-bond donors (Lipinski definition) is 2. The lowest BCUT2D eigenvalue weighted by Crippen LogP contribution is -2.55. The van der Waals surface area contributed by atoms with Crippen LogP contribution in [0, 0.1) is 5.92 Å². The lowest BCUT2D eigenvalue weighted by atomic mass is 9.88. The summed E-state index contributed by atoms with van der Waals surface area (Å²) in [5, 5.41) is 6.04. The van der Waals surface area contributed by atoms with E-state index in [1.54, 1.807) is 11.3 Å². The number of thiazole rings is 1. The maximum absolute atomic E-state index is 12.0. The van der Waals surface area contributed by atoms with E-state index in [1.165, 1.54) is 0 Å². The number of hydrogen-bond acceptors (Lipinski definition) is 4. The minimum absolute atomic E-state index is 0. The van der Waals surface area contributed by atoms with Crippen molar-refractivity contribution in [1.82, 2.24) is 10.3 Å². The molecule has 20 heavy (non-hydrogen) atoms. The second-order valence-corrected chi connectivity index (χ2v) is 6.03. The van der Waals surface area contributed by atoms with Gasteiger partial charge in [0.1, 0.15) is 0 Å². The third kappa shape index (κ3) is 5.95. The van der Waals surface area contributed by atoms with Crippen LogP contribution in [0.15, 0.2) is 5.38 Å². The van der Waals surface area contributed by atoms with Gasteiger partial charge < -0.3 is 11.1 Å². The van der Waals surface area contributed by atoms with Crippen LogP contribution in [0.5, 0.6) is 0 Å². The number of nitrogens with zero attached hydrogens (tertiary/aromatic N) is 1. The fraction of sp³-hybridized carbons (Fsp3) is 0.692. The first-order valence-electron chi connectivity index (χ1n) is 6.35. The van der Waals surface area contributed by atoms with Crippen LogP contribution in [0.1, 0.15) is 38.4 Å². The minimum atomic E-state index is -0.347. The molecular formula is C13H25Cl2N3OS. The van der Waals surface area contributed by atoms with Crippen molar-refractivity contribution < 1.29 is 4.79 Å². The van der Waals surface area contributed by atoms with Gasteiger partial charge in [-0.3, -0.25) is 4.79 Å². The Labute approximate surface area is 137 Å². The molecule has 0 aliphatic rings. The zero-order valence-electron chi connectivity index (χ0n) is 12.4. The van der Waals surface area contributed by atoms with Crippen LogP contribution >= 0.6 is 36.2 Å². The number of aryl methyl sites for hydroxylation is 1. The van der Waals surface area contributed by atoms with Gasteiger partial charge in [-0.1, -0.05) is 20.8 Å². The highest BCUT2D eigenvalue weighted by atomic mass is 35.5. The molecule has 0 aliphatic heterocycles. The van der Waals surface area contributed by atoms with Crippen molar-refractivity contribution >= 4 is 42.1 Å². The van der Waals surface area contributed by atoms with Crippen molar-refractivity contribution in [2.75, 3.05) is 6.54 Å². The molecular weight excluding hydrogens is 317 g/mol. The topological polar surface area (TPSA) is 68.0 Å². The van der Waals surface area contributed by atoms with Crippen LogP contribution in [-0.2, 0) is 17.6 Å². The standard InChI is InChI=1S/C13H23N3OS.2ClH/c1-5-12-15-10(7-18-12)6-11(17)16-13(4,8-14)9(2)3;;/h7,9H,5-6,8,14H2,1-4H3,(H,16,17);2*1H. The third-order valence-corrected chi connectivity index (χ3v) is 4.41. The Morgan fingerprint density at radius 3 is 2.50 bits per heavy atom. The first kappa shape index (κ1) is 21.9. The van der Waals surface area contributed by atoms with Crippen LogP contribution in [0.3, 0.4) is 0 Å². The lowest BCUT2D eigenvalue weighted by molar-refractivity contribution is -0.122. The van der Waals surface area contributed by atoms with Gasteiger partial charge >= 0.3 is 0 Å². The van der Waals surface area contributed by atoms with Crippen LogP contribution < -0.4 is 11.1 Å². The molecule has 1 atom stereocenters. The first-order valence-corrected chi connectivity index (χ1v) is 7.23. The van der Waals surface area contributed by atoms with Crippen molar-refractivity contribution in [3.05, 3.63) is 16.1 Å². The van der Waals surface area contributed by atoms with Gasteiger partial charge in [0.2, 0.25) is 5.91 Å². The second-order valence-electron chi connectivity index (χ2n) is 5.09. The summed E-state index contributed by atoms with van der Waals surface area (Å²) in [6.07, 6.45) is 1.25. The highest BCUT2D eigenvalue weighted by Gasteiger charge is 2.28. The highest BCUT2D eigenvalue weighted by molar-refractivity contribution is 7.09. The molecule has 4 nitrogen and oxygen atoms in total. The molecule has 0 saturated carbocycles. The van der Waals surface area contributed by atoms with Gasteiger partial charge in [0.05, 0.1) is 22.7 Å². The largest absolute Gasteiger partial charge is 0.349 e. The Bertz CT molecular complexity index is 412. The number of halogens is 2. The van der Waals surface area contributed by atoms with E-state index < -0.39 is 0 Å². The van der Waals surface area contributed by atoms with E-state index in [0.29, 0.717) is 18.9 Å². The van der Waals surface area contributed by atoms with Gasteiger partial charge in [-0.05, 0) is 19.3 Å². The maximum atomic E-state index is 12.0. The number of nitrogens with one attached hydrogen (secondary N) is 1. The van der Waals surface area contributed by atoms with E-state index in [-0.39, 0.29) is 36.3 Å². The summed E-state index contributed by atoms with van der Waals surface area (Å²) in [5.41, 5.74) is 6.25. The summed E-state index contributed by atoms with van der Waals surface area (Å²) >= 11 is 1.61. The van der Waals surface area contributed by atoms with Gasteiger partial charge in [-0.2, -0.15) is 0 Å². The Morgan fingerprint density at radius 2 is 2.10 bits per heavy atom. The van der Waals surface area contributed by atoms with Crippen molar-refractivity contribution in [2.24, 2.45) is 11.7 Å². The first-order chi connectivity index (χ1) is 8.41. The van der Waals surface area contributed by atoms with E-state index in [0.717, 1.165) is 17.1 Å². The Kier molecular flexibility index (Phi) is 10.5. The maximum Gasteiger partial charge on any atom is 0.226 e. The van der Waals surface area contributed by atoms with E-state index >= 15 is 0 Å². The molecule has 3 N–H and O–H groups in total. The molecule has 118 valence electrons. The van der Waals surface area contributed by atoms with Crippen molar-refractivity contribution in [3.8, 4) is 0 Å². The molecule has 7 heteroatoms. The predicted octanol–water partition coefficient (Wildman–Crippen LogP) is 2.58. The van der Waals surface area contributed by atoms with Gasteiger partial charge in [0, 0.05) is 11.9 Å². The molecule has 0 aromatic carbocycles. The smallest absolute Gasteiger partial charge is 0.226 e. The molecule has 0 bridgehead atoms. The SMILES string of the molecule is CCc1nc(CC(=O)NC(C)(CN)C(C)C)cs1.Cl.Cl. The molecule has 1 rings (SSSR count). The third-order valence-electron chi connectivity index (χ3n) is 3.37. The zero-order chi connectivity index (χ0) is 13.8. The van der Waals surface area contributed by atoms with Gasteiger partial charge in [-0.15, -0.1) is 36.2 Å². The summed E-state index contributed by atoms with van der Waals surface area (Å²) in [6, 6.07) is 0. The molecule has 0 aliphatic carbocycles. The predicted molar refractivity (Wildman–Crippen MR) is 90.1 cm³/mol. The number of carbonyl (C=O) groups is 1. The highest BCUT2D eigenvalue weighted by Crippen LogP contribution is 2.16. The van der Waals surface area contributed by atoms with E-state index in [4.69, 9.17) is 5.73 Å². The zero-order valence-corrected chi connectivity index (χ0v) is 14.9. The monoisotopic (exact) mass is 341 g/mol. The van der Waals surface area contributed by atoms with Gasteiger partial charge in [0.25, 0.3) is 0 Å². The number of nitrogens with two attached hydrogens (primary N) is 1. The minimum Gasteiger partial charge on any atom is -0.349 e. The molecule has 1 amide bonds. The summed E-state index contributed by atoms with van der Waals surface area (Å²) < 4.78 is 0. The number of carbonyl (C=O) groups excluding carboxylic acids is 1. The molecule has 0 spiro atoms. The quantitative estimate of drug-likeness (QED) is 0.835. The molecule has 0 radical (unpaired) electrons. The van der Waals surface area contributed by atoms with Crippen LogP contribution in [0.25, 0.3) is 0 Å². The van der Waals surface area contributed by atoms with E-state index in [2.05, 4.69) is 31.1 Å². The summed E-state index contributed by atoms with van der Waals surface area (Å²) in [6.45, 7) is 8.60. The Morgan fingerprint density at radius 1 is 1.50 bits per heavy atom.